The molecule has 0 spiro atoms. The van der Waals surface area contributed by atoms with Crippen LogP contribution in [0.4, 0.5) is 16.0 Å². The molecule has 176 valence electrons. The minimum atomic E-state index is -1.08. The number of nitriles is 1. The van der Waals surface area contributed by atoms with E-state index in [0.717, 1.165) is 53.1 Å². The van der Waals surface area contributed by atoms with Crippen molar-refractivity contribution in [2.75, 3.05) is 18.4 Å². The third-order valence-corrected chi connectivity index (χ3v) is 6.94. The lowest BCUT2D eigenvalue weighted by Crippen LogP contribution is -2.60. The molecule has 5 rings (SSSR count). The minimum absolute atomic E-state index is 0.268. The van der Waals surface area contributed by atoms with Crippen LogP contribution in [0.1, 0.15) is 45.2 Å². The van der Waals surface area contributed by atoms with Crippen molar-refractivity contribution in [3.05, 3.63) is 36.3 Å². The summed E-state index contributed by atoms with van der Waals surface area (Å²) in [6, 6.07) is 7.93. The van der Waals surface area contributed by atoms with Crippen LogP contribution in [-0.2, 0) is 0 Å². The fourth-order valence-corrected chi connectivity index (χ4v) is 4.88. The zero-order valence-corrected chi connectivity index (χ0v) is 19.8. The summed E-state index contributed by atoms with van der Waals surface area (Å²) in [5.41, 5.74) is 4.83. The second kappa shape index (κ2) is 8.76. The number of nitrogens with zero attached hydrogens (tertiary/aromatic N) is 7. The molecule has 3 aromatic heterocycles. The van der Waals surface area contributed by atoms with E-state index in [1.165, 1.54) is 0 Å². The third-order valence-electron chi connectivity index (χ3n) is 6.94. The van der Waals surface area contributed by atoms with Gasteiger partial charge in [0.05, 0.1) is 40.9 Å². The Bertz CT molecular complexity index is 1280. The molecule has 0 amide bonds. The van der Waals surface area contributed by atoms with Gasteiger partial charge in [0.15, 0.2) is 0 Å². The molecule has 2 aliphatic rings. The van der Waals surface area contributed by atoms with Crippen molar-refractivity contribution in [2.45, 2.75) is 64.2 Å². The molecule has 2 atom stereocenters. The van der Waals surface area contributed by atoms with E-state index in [1.807, 2.05) is 50.1 Å². The first-order valence-electron chi connectivity index (χ1n) is 11.8. The maximum absolute atomic E-state index is 15.0. The number of fused-ring (bicyclic) bond motifs is 1. The van der Waals surface area contributed by atoms with Crippen molar-refractivity contribution in [3.8, 4) is 17.3 Å². The number of nitrogens with one attached hydrogen (secondary N) is 1. The summed E-state index contributed by atoms with van der Waals surface area (Å²) < 4.78 is 16.7. The molecule has 9 heteroatoms. The van der Waals surface area contributed by atoms with Crippen molar-refractivity contribution in [2.24, 2.45) is 4.99 Å². The Morgan fingerprint density at radius 1 is 1.29 bits per heavy atom. The van der Waals surface area contributed by atoms with Crippen molar-refractivity contribution in [1.82, 2.24) is 24.5 Å². The van der Waals surface area contributed by atoms with Gasteiger partial charge in [-0.15, -0.1) is 5.10 Å². The van der Waals surface area contributed by atoms with Gasteiger partial charge >= 0.3 is 0 Å². The van der Waals surface area contributed by atoms with Crippen molar-refractivity contribution in [3.63, 3.8) is 0 Å². The number of hydrogen-bond acceptors (Lipinski definition) is 7. The van der Waals surface area contributed by atoms with Crippen molar-refractivity contribution < 1.29 is 4.39 Å². The van der Waals surface area contributed by atoms with Crippen LogP contribution in [-0.4, -0.2) is 61.0 Å². The van der Waals surface area contributed by atoms with E-state index < -0.39 is 11.7 Å². The smallest absolute Gasteiger partial charge is 0.241 e. The Morgan fingerprint density at radius 2 is 2.12 bits per heavy atom. The second-order valence-corrected chi connectivity index (χ2v) is 9.50. The van der Waals surface area contributed by atoms with Crippen LogP contribution in [0.15, 0.2) is 35.6 Å². The molecular weight excluding hydrogens is 431 g/mol. The molecule has 3 aromatic rings. The fraction of sp³-hybridized carbons (Fsp3) is 0.480. The Hall–Kier alpha value is -3.38. The first kappa shape index (κ1) is 22.4. The van der Waals surface area contributed by atoms with Gasteiger partial charge in [0.1, 0.15) is 11.7 Å². The number of likely N-dealkylation sites (tertiary alicyclic amines) is 1. The highest BCUT2D eigenvalue weighted by molar-refractivity contribution is 5.83. The molecule has 2 unspecified atom stereocenters. The van der Waals surface area contributed by atoms with E-state index in [2.05, 4.69) is 26.5 Å². The molecule has 34 heavy (non-hydrogen) atoms. The number of aromatic nitrogens is 4. The Kier molecular flexibility index (Phi) is 5.78. The van der Waals surface area contributed by atoms with E-state index in [1.54, 1.807) is 10.7 Å². The van der Waals surface area contributed by atoms with Crippen LogP contribution in [0.2, 0.25) is 0 Å². The van der Waals surface area contributed by atoms with Crippen LogP contribution >= 0.6 is 0 Å². The number of alkyl halides is 1. The van der Waals surface area contributed by atoms with Gasteiger partial charge in [-0.2, -0.15) is 5.26 Å². The summed E-state index contributed by atoms with van der Waals surface area (Å²) in [6.45, 7) is 6.84. The van der Waals surface area contributed by atoms with Crippen LogP contribution in [0.3, 0.4) is 0 Å². The molecule has 8 nitrogen and oxygen atoms in total. The largest absolute Gasteiger partial charge is 0.347 e. The lowest BCUT2D eigenvalue weighted by molar-refractivity contribution is 0.0128. The van der Waals surface area contributed by atoms with Crippen LogP contribution in [0, 0.1) is 18.3 Å². The average Bonchev–Trinajstić information content (AvgIpc) is 3.19. The summed E-state index contributed by atoms with van der Waals surface area (Å²) in [4.78, 5) is 15.7. The molecule has 0 radical (unpaired) electrons. The molecule has 1 aliphatic carbocycles. The average molecular weight is 461 g/mol. The van der Waals surface area contributed by atoms with Crippen LogP contribution in [0.5, 0.6) is 0 Å². The molecule has 4 heterocycles. The first-order valence-corrected chi connectivity index (χ1v) is 11.8. The predicted molar refractivity (Wildman–Crippen MR) is 130 cm³/mol. The Balaban J connectivity index is 1.31. The molecule has 1 saturated carbocycles. The number of piperidine rings is 1. The topological polar surface area (TPSA) is 94.5 Å². The van der Waals surface area contributed by atoms with Gasteiger partial charge in [-0.3, -0.25) is 14.9 Å². The van der Waals surface area contributed by atoms with E-state index in [4.69, 9.17) is 4.98 Å². The summed E-state index contributed by atoms with van der Waals surface area (Å²) in [7, 11) is 0. The maximum Gasteiger partial charge on any atom is 0.241 e. The van der Waals surface area contributed by atoms with Gasteiger partial charge < -0.3 is 5.32 Å². The second-order valence-electron chi connectivity index (χ2n) is 9.50. The summed E-state index contributed by atoms with van der Waals surface area (Å²) in [5.74, 6) is 0.390. The van der Waals surface area contributed by atoms with E-state index in [0.29, 0.717) is 18.9 Å². The number of halogens is 1. The summed E-state index contributed by atoms with van der Waals surface area (Å²) in [5, 5.41) is 17.3. The highest BCUT2D eigenvalue weighted by Crippen LogP contribution is 2.39. The van der Waals surface area contributed by atoms with Crippen molar-refractivity contribution in [1.29, 1.82) is 5.26 Å². The number of aryl methyl sites for hydroxylation is 1. The van der Waals surface area contributed by atoms with Gasteiger partial charge in [-0.1, -0.05) is 0 Å². The lowest BCUT2D eigenvalue weighted by atomic mass is 9.75. The predicted octanol–water partition coefficient (Wildman–Crippen LogP) is 4.48. The fourth-order valence-electron chi connectivity index (χ4n) is 4.88. The molecular formula is C25H29FN8. The Morgan fingerprint density at radius 3 is 2.76 bits per heavy atom. The number of pyridine rings is 1. The number of hydrogen-bond donors (Lipinski definition) is 1. The molecule has 1 saturated heterocycles. The zero-order chi connectivity index (χ0) is 23.9. The monoisotopic (exact) mass is 460 g/mol. The molecule has 0 bridgehead atoms. The zero-order valence-electron chi connectivity index (χ0n) is 19.8. The van der Waals surface area contributed by atoms with E-state index >= 15 is 4.39 Å². The van der Waals surface area contributed by atoms with E-state index in [9.17, 15) is 5.26 Å². The number of rotatable bonds is 5. The summed E-state index contributed by atoms with van der Waals surface area (Å²) >= 11 is 0. The number of aliphatic imine (C=N–C) groups is 1. The SMILES string of the molecule is CC(C)=Nc1ccc(-c2ccn3nc(NC4CCN(C5(C#N)CCC5)CC4F)ncc23)nc1C. The molecule has 1 N–H and O–H groups in total. The van der Waals surface area contributed by atoms with Gasteiger partial charge in [-0.05, 0) is 64.7 Å². The summed E-state index contributed by atoms with van der Waals surface area (Å²) in [6.07, 6.45) is 5.85. The van der Waals surface area contributed by atoms with E-state index in [-0.39, 0.29) is 12.6 Å². The molecule has 2 fully saturated rings. The quantitative estimate of drug-likeness (QED) is 0.564. The van der Waals surface area contributed by atoms with Gasteiger partial charge in [0.25, 0.3) is 0 Å². The number of anilines is 1. The third kappa shape index (κ3) is 4.03. The van der Waals surface area contributed by atoms with Gasteiger partial charge in [0, 0.05) is 30.6 Å². The van der Waals surface area contributed by atoms with Crippen LogP contribution < -0.4 is 5.32 Å². The first-order chi connectivity index (χ1) is 16.4. The highest BCUT2D eigenvalue weighted by atomic mass is 19.1. The van der Waals surface area contributed by atoms with Crippen molar-refractivity contribution >= 4 is 22.9 Å². The lowest BCUT2D eigenvalue weighted by Gasteiger charge is -2.48. The standard InChI is InChI=1S/C25H29FN8/c1-16(2)29-20-5-6-21(30-17(20)3)18-7-12-34-23(18)13-28-24(32-34)31-22-8-11-33(14-19(22)26)25(15-27)9-4-10-25/h5-7,12-13,19,22H,4,8-11,14H2,1-3H3,(H,31,32). The Labute approximate surface area is 198 Å². The minimum Gasteiger partial charge on any atom is -0.347 e. The molecule has 0 aromatic carbocycles. The highest BCUT2D eigenvalue weighted by Gasteiger charge is 2.46. The van der Waals surface area contributed by atoms with Crippen LogP contribution in [0.25, 0.3) is 16.8 Å². The van der Waals surface area contributed by atoms with Gasteiger partial charge in [0.2, 0.25) is 5.95 Å². The maximum atomic E-state index is 15.0. The van der Waals surface area contributed by atoms with Gasteiger partial charge in [-0.25, -0.2) is 13.9 Å². The normalized spacial score (nSPS) is 22.1. The molecule has 1 aliphatic heterocycles.